The summed E-state index contributed by atoms with van der Waals surface area (Å²) < 4.78 is 0. The lowest BCUT2D eigenvalue weighted by molar-refractivity contribution is 1.14. The Bertz CT molecular complexity index is 509. The normalized spacial score (nSPS) is 10.1. The molecule has 0 aliphatic rings. The highest BCUT2D eigenvalue weighted by atomic mass is 35.5. The minimum absolute atomic E-state index is 0.534. The smallest absolute Gasteiger partial charge is 0.145 e. The Labute approximate surface area is 104 Å². The van der Waals surface area contributed by atoms with Crippen LogP contribution in [0.1, 0.15) is 5.56 Å². The van der Waals surface area contributed by atoms with E-state index in [2.05, 4.69) is 20.7 Å². The fourth-order valence-electron chi connectivity index (χ4n) is 1.42. The molecule has 2 rings (SSSR count). The molecule has 6 heteroatoms. The number of nitrogens with zero attached hydrogens (tertiary/aromatic N) is 2. The van der Waals surface area contributed by atoms with Crippen molar-refractivity contribution >= 4 is 28.9 Å². The first-order chi connectivity index (χ1) is 8.20. The van der Waals surface area contributed by atoms with E-state index in [9.17, 15) is 0 Å². The van der Waals surface area contributed by atoms with Gasteiger partial charge in [-0.25, -0.2) is 15.8 Å². The van der Waals surface area contributed by atoms with Gasteiger partial charge >= 0.3 is 0 Å². The number of hydrogen-bond donors (Lipinski definition) is 3. The fraction of sp³-hybridized carbons (Fsp3) is 0.0909. The summed E-state index contributed by atoms with van der Waals surface area (Å²) in [5, 5.41) is 3.78. The van der Waals surface area contributed by atoms with E-state index >= 15 is 0 Å². The number of nitrogen functional groups attached to an aromatic ring is 1. The molecule has 5 nitrogen and oxygen atoms in total. The maximum absolute atomic E-state index is 6.11. The van der Waals surface area contributed by atoms with E-state index in [0.29, 0.717) is 16.7 Å². The summed E-state index contributed by atoms with van der Waals surface area (Å²) in [5.41, 5.74) is 4.33. The van der Waals surface area contributed by atoms with Gasteiger partial charge in [0.25, 0.3) is 0 Å². The number of hydrogen-bond acceptors (Lipinski definition) is 5. The van der Waals surface area contributed by atoms with Crippen molar-refractivity contribution in [3.63, 3.8) is 0 Å². The number of hydrazine groups is 1. The van der Waals surface area contributed by atoms with Gasteiger partial charge in [0.15, 0.2) is 0 Å². The highest BCUT2D eigenvalue weighted by molar-refractivity contribution is 6.33. The molecule has 4 N–H and O–H groups in total. The van der Waals surface area contributed by atoms with Crippen molar-refractivity contribution in [2.75, 3.05) is 10.7 Å². The average Bonchev–Trinajstić information content (AvgIpc) is 2.34. The summed E-state index contributed by atoms with van der Waals surface area (Å²) in [5.74, 6) is 6.44. The molecule has 0 fully saturated rings. The van der Waals surface area contributed by atoms with Crippen molar-refractivity contribution in [3.8, 4) is 0 Å². The van der Waals surface area contributed by atoms with Gasteiger partial charge in [0.05, 0.1) is 10.7 Å². The maximum atomic E-state index is 6.11. The number of aryl methyl sites for hydroxylation is 1. The zero-order chi connectivity index (χ0) is 12.3. The summed E-state index contributed by atoms with van der Waals surface area (Å²) >= 11 is 6.11. The fourth-order valence-corrected chi connectivity index (χ4v) is 1.69. The molecule has 0 aliphatic carbocycles. The molecule has 1 aromatic carbocycles. The van der Waals surface area contributed by atoms with Gasteiger partial charge in [0.1, 0.15) is 18.0 Å². The van der Waals surface area contributed by atoms with Crippen molar-refractivity contribution in [3.05, 3.63) is 41.2 Å². The first kappa shape index (κ1) is 11.6. The minimum atomic E-state index is 0.534. The second kappa shape index (κ2) is 4.99. The van der Waals surface area contributed by atoms with E-state index in [1.807, 2.05) is 25.1 Å². The molecule has 88 valence electrons. The molecule has 0 aliphatic heterocycles. The van der Waals surface area contributed by atoms with Crippen LogP contribution in [0.5, 0.6) is 0 Å². The summed E-state index contributed by atoms with van der Waals surface area (Å²) in [7, 11) is 0. The van der Waals surface area contributed by atoms with Crippen molar-refractivity contribution in [1.82, 2.24) is 9.97 Å². The van der Waals surface area contributed by atoms with Crippen LogP contribution in [0.4, 0.5) is 17.3 Å². The van der Waals surface area contributed by atoms with E-state index in [-0.39, 0.29) is 0 Å². The van der Waals surface area contributed by atoms with Crippen LogP contribution in [0.15, 0.2) is 30.6 Å². The number of aromatic nitrogens is 2. The Balaban J connectivity index is 2.31. The van der Waals surface area contributed by atoms with E-state index in [1.165, 1.54) is 6.33 Å². The van der Waals surface area contributed by atoms with E-state index < -0.39 is 0 Å². The number of halogens is 1. The molecule has 0 saturated carbocycles. The van der Waals surface area contributed by atoms with E-state index in [0.717, 1.165) is 11.3 Å². The van der Waals surface area contributed by atoms with Crippen molar-refractivity contribution in [2.45, 2.75) is 6.92 Å². The van der Waals surface area contributed by atoms with Gasteiger partial charge < -0.3 is 10.7 Å². The molecule has 1 aromatic heterocycles. The van der Waals surface area contributed by atoms with Gasteiger partial charge in [-0.1, -0.05) is 23.7 Å². The molecule has 0 atom stereocenters. The minimum Gasteiger partial charge on any atom is -0.339 e. The Morgan fingerprint density at radius 3 is 2.71 bits per heavy atom. The molecule has 0 amide bonds. The van der Waals surface area contributed by atoms with E-state index in [1.54, 1.807) is 6.07 Å². The zero-order valence-electron chi connectivity index (χ0n) is 9.24. The lowest BCUT2D eigenvalue weighted by Gasteiger charge is -2.10. The SMILES string of the molecule is Cc1cccc(Cl)c1Nc1cc(NN)ncn1. The first-order valence-corrected chi connectivity index (χ1v) is 5.39. The van der Waals surface area contributed by atoms with Crippen LogP contribution in [0.2, 0.25) is 5.02 Å². The lowest BCUT2D eigenvalue weighted by atomic mass is 10.2. The number of nitrogens with one attached hydrogen (secondary N) is 2. The van der Waals surface area contributed by atoms with Crippen LogP contribution in [0.25, 0.3) is 0 Å². The molecule has 0 saturated heterocycles. The van der Waals surface area contributed by atoms with Gasteiger partial charge in [0, 0.05) is 6.07 Å². The van der Waals surface area contributed by atoms with Crippen molar-refractivity contribution in [1.29, 1.82) is 0 Å². The molecule has 0 unspecified atom stereocenters. The number of para-hydroxylation sites is 1. The summed E-state index contributed by atoms with van der Waals surface area (Å²) in [6.45, 7) is 1.97. The maximum Gasteiger partial charge on any atom is 0.145 e. The molecular formula is C11H12ClN5. The van der Waals surface area contributed by atoms with Crippen LogP contribution in [-0.2, 0) is 0 Å². The highest BCUT2D eigenvalue weighted by Gasteiger charge is 2.05. The zero-order valence-corrected chi connectivity index (χ0v) is 9.99. The lowest BCUT2D eigenvalue weighted by Crippen LogP contribution is -2.09. The van der Waals surface area contributed by atoms with E-state index in [4.69, 9.17) is 17.4 Å². The summed E-state index contributed by atoms with van der Waals surface area (Å²) in [6.07, 6.45) is 1.42. The largest absolute Gasteiger partial charge is 0.339 e. The third-order valence-corrected chi connectivity index (χ3v) is 2.60. The number of anilines is 3. The standard InChI is InChI=1S/C11H12ClN5/c1-7-3-2-4-8(12)11(7)16-9-5-10(17-13)15-6-14-9/h2-6H,13H2,1H3,(H2,14,15,16,17). The van der Waals surface area contributed by atoms with Crippen LogP contribution < -0.4 is 16.6 Å². The predicted molar refractivity (Wildman–Crippen MR) is 69.3 cm³/mol. The van der Waals surface area contributed by atoms with Gasteiger partial charge in [-0.3, -0.25) is 0 Å². The van der Waals surface area contributed by atoms with Crippen LogP contribution in [0, 0.1) is 6.92 Å². The number of nitrogens with two attached hydrogens (primary N) is 1. The Morgan fingerprint density at radius 2 is 2.00 bits per heavy atom. The summed E-state index contributed by atoms with van der Waals surface area (Å²) in [4.78, 5) is 8.01. The third-order valence-electron chi connectivity index (χ3n) is 2.29. The molecule has 1 heterocycles. The van der Waals surface area contributed by atoms with Gasteiger partial charge in [-0.2, -0.15) is 0 Å². The van der Waals surface area contributed by atoms with Gasteiger partial charge in [-0.05, 0) is 18.6 Å². The third kappa shape index (κ3) is 2.64. The molecule has 0 spiro atoms. The Kier molecular flexibility index (Phi) is 3.41. The topological polar surface area (TPSA) is 75.9 Å². The summed E-state index contributed by atoms with van der Waals surface area (Å²) in [6, 6.07) is 7.39. The molecule has 0 bridgehead atoms. The van der Waals surface area contributed by atoms with Crippen LogP contribution in [-0.4, -0.2) is 9.97 Å². The van der Waals surface area contributed by atoms with Crippen LogP contribution >= 0.6 is 11.6 Å². The van der Waals surface area contributed by atoms with Crippen LogP contribution in [0.3, 0.4) is 0 Å². The Morgan fingerprint density at radius 1 is 1.24 bits per heavy atom. The predicted octanol–water partition coefficient (Wildman–Crippen LogP) is 2.47. The van der Waals surface area contributed by atoms with Crippen molar-refractivity contribution < 1.29 is 0 Å². The molecule has 0 radical (unpaired) electrons. The van der Waals surface area contributed by atoms with Crippen molar-refractivity contribution in [2.24, 2.45) is 5.84 Å². The van der Waals surface area contributed by atoms with Gasteiger partial charge in [-0.15, -0.1) is 0 Å². The molecule has 2 aromatic rings. The van der Waals surface area contributed by atoms with Gasteiger partial charge in [0.2, 0.25) is 0 Å². The quantitative estimate of drug-likeness (QED) is 0.576. The average molecular weight is 250 g/mol. The monoisotopic (exact) mass is 249 g/mol. The first-order valence-electron chi connectivity index (χ1n) is 5.01. The number of rotatable bonds is 3. The Hall–Kier alpha value is -1.85. The number of benzene rings is 1. The second-order valence-corrected chi connectivity index (χ2v) is 3.90. The highest BCUT2D eigenvalue weighted by Crippen LogP contribution is 2.28. The molecular weight excluding hydrogens is 238 g/mol. The molecule has 17 heavy (non-hydrogen) atoms. The second-order valence-electron chi connectivity index (χ2n) is 3.49.